The van der Waals surface area contributed by atoms with E-state index in [9.17, 15) is 4.79 Å². The van der Waals surface area contributed by atoms with Crippen molar-refractivity contribution in [3.63, 3.8) is 0 Å². The van der Waals surface area contributed by atoms with Crippen LogP contribution in [0.2, 0.25) is 0 Å². The summed E-state index contributed by atoms with van der Waals surface area (Å²) >= 11 is 0. The van der Waals surface area contributed by atoms with Crippen LogP contribution in [0.25, 0.3) is 0 Å². The van der Waals surface area contributed by atoms with E-state index in [1.807, 2.05) is 13.0 Å². The third-order valence-corrected chi connectivity index (χ3v) is 2.88. The molecule has 1 aromatic heterocycles. The second-order valence-electron chi connectivity index (χ2n) is 4.50. The number of nitrogens with zero attached hydrogens (tertiary/aromatic N) is 1. The molecule has 4 nitrogen and oxygen atoms in total. The molecular weight excluding hydrogens is 264 g/mol. The van der Waals surface area contributed by atoms with E-state index in [4.69, 9.17) is 5.11 Å². The van der Waals surface area contributed by atoms with Crippen LogP contribution in [0.3, 0.4) is 0 Å². The molecule has 106 valence electrons. The molecule has 0 spiro atoms. The Morgan fingerprint density at radius 3 is 2.95 bits per heavy atom. The molecule has 2 aromatic rings. The molecule has 0 aliphatic carbocycles. The van der Waals surface area contributed by atoms with Crippen LogP contribution in [0.5, 0.6) is 0 Å². The number of nitrogens with one attached hydrogen (secondary N) is 1. The van der Waals surface area contributed by atoms with Crippen molar-refractivity contribution in [3.8, 4) is 11.8 Å². The predicted octanol–water partition coefficient (Wildman–Crippen LogP) is 2.38. The van der Waals surface area contributed by atoms with Crippen LogP contribution in [0, 0.1) is 18.8 Å². The van der Waals surface area contributed by atoms with E-state index in [0.29, 0.717) is 17.7 Å². The fourth-order valence-corrected chi connectivity index (χ4v) is 1.75. The van der Waals surface area contributed by atoms with Crippen LogP contribution < -0.4 is 5.32 Å². The summed E-state index contributed by atoms with van der Waals surface area (Å²) in [7, 11) is 0. The zero-order valence-electron chi connectivity index (χ0n) is 11.8. The number of carbonyl (C=O) groups excluding carboxylic acids is 1. The quantitative estimate of drug-likeness (QED) is 0.849. The van der Waals surface area contributed by atoms with Gasteiger partial charge in [-0.05, 0) is 36.8 Å². The van der Waals surface area contributed by atoms with Crippen molar-refractivity contribution in [1.29, 1.82) is 0 Å². The highest BCUT2D eigenvalue weighted by Gasteiger charge is 2.07. The number of aliphatic hydroxyl groups is 1. The number of aliphatic hydroxyl groups excluding tert-OH is 1. The van der Waals surface area contributed by atoms with Gasteiger partial charge in [-0.15, -0.1) is 0 Å². The highest BCUT2D eigenvalue weighted by Crippen LogP contribution is 2.12. The summed E-state index contributed by atoms with van der Waals surface area (Å²) < 4.78 is 0. The first-order chi connectivity index (χ1) is 10.2. The predicted molar refractivity (Wildman–Crippen MR) is 82.0 cm³/mol. The number of pyridine rings is 1. The normalized spacial score (nSPS) is 9.62. The van der Waals surface area contributed by atoms with Gasteiger partial charge in [0.1, 0.15) is 0 Å². The lowest BCUT2D eigenvalue weighted by Gasteiger charge is -2.06. The first-order valence-electron chi connectivity index (χ1n) is 6.62. The summed E-state index contributed by atoms with van der Waals surface area (Å²) in [6.07, 6.45) is 3.66. The molecule has 1 aromatic carbocycles. The van der Waals surface area contributed by atoms with Crippen molar-refractivity contribution in [1.82, 2.24) is 4.98 Å². The van der Waals surface area contributed by atoms with Gasteiger partial charge >= 0.3 is 0 Å². The van der Waals surface area contributed by atoms with Crippen LogP contribution in [0.4, 0.5) is 5.69 Å². The van der Waals surface area contributed by atoms with Crippen molar-refractivity contribution in [2.75, 3.05) is 11.9 Å². The Bertz CT molecular complexity index is 685. The molecule has 0 bridgehead atoms. The molecule has 21 heavy (non-hydrogen) atoms. The number of hydrogen-bond acceptors (Lipinski definition) is 3. The largest absolute Gasteiger partial charge is 0.395 e. The van der Waals surface area contributed by atoms with E-state index in [2.05, 4.69) is 22.1 Å². The highest BCUT2D eigenvalue weighted by atomic mass is 16.2. The van der Waals surface area contributed by atoms with Crippen molar-refractivity contribution in [3.05, 3.63) is 59.4 Å². The van der Waals surface area contributed by atoms with Crippen molar-refractivity contribution < 1.29 is 9.90 Å². The van der Waals surface area contributed by atoms with Crippen LogP contribution in [-0.2, 0) is 0 Å². The highest BCUT2D eigenvalue weighted by molar-refractivity contribution is 6.04. The number of aryl methyl sites for hydroxylation is 1. The number of amides is 1. The lowest BCUT2D eigenvalue weighted by molar-refractivity contribution is 0.102. The minimum Gasteiger partial charge on any atom is -0.395 e. The molecule has 0 unspecified atom stereocenters. The van der Waals surface area contributed by atoms with Gasteiger partial charge in [0.15, 0.2) is 0 Å². The molecule has 0 radical (unpaired) electrons. The number of aromatic nitrogens is 1. The average Bonchev–Trinajstić information content (AvgIpc) is 2.50. The minimum atomic E-state index is -0.201. The van der Waals surface area contributed by atoms with Crippen LogP contribution in [0.15, 0.2) is 42.7 Å². The molecule has 4 heteroatoms. The molecule has 0 fully saturated rings. The smallest absolute Gasteiger partial charge is 0.255 e. The van der Waals surface area contributed by atoms with Gasteiger partial charge in [0.25, 0.3) is 5.91 Å². The third-order valence-electron chi connectivity index (χ3n) is 2.88. The molecule has 0 aliphatic heterocycles. The van der Waals surface area contributed by atoms with Gasteiger partial charge in [0.05, 0.1) is 18.5 Å². The number of benzene rings is 1. The second kappa shape index (κ2) is 7.22. The third kappa shape index (κ3) is 4.16. The fourth-order valence-electron chi connectivity index (χ4n) is 1.75. The van der Waals surface area contributed by atoms with Gasteiger partial charge in [-0.2, -0.15) is 0 Å². The molecule has 0 aliphatic rings. The van der Waals surface area contributed by atoms with E-state index in [1.54, 1.807) is 36.7 Å². The number of rotatable bonds is 3. The Balaban J connectivity index is 2.19. The molecule has 0 atom stereocenters. The van der Waals surface area contributed by atoms with E-state index in [-0.39, 0.29) is 12.5 Å². The minimum absolute atomic E-state index is 0.0350. The van der Waals surface area contributed by atoms with Crippen LogP contribution in [-0.4, -0.2) is 22.6 Å². The maximum Gasteiger partial charge on any atom is 0.255 e. The Morgan fingerprint density at radius 2 is 2.24 bits per heavy atom. The van der Waals surface area contributed by atoms with Gasteiger partial charge in [0.2, 0.25) is 0 Å². The monoisotopic (exact) mass is 280 g/mol. The summed E-state index contributed by atoms with van der Waals surface area (Å²) in [6, 6.07) is 8.92. The van der Waals surface area contributed by atoms with E-state index < -0.39 is 0 Å². The molecule has 0 saturated carbocycles. The lowest BCUT2D eigenvalue weighted by Crippen LogP contribution is -2.12. The van der Waals surface area contributed by atoms with Gasteiger partial charge in [-0.3, -0.25) is 9.78 Å². The molecule has 2 N–H and O–H groups in total. The summed E-state index contributed by atoms with van der Waals surface area (Å²) in [5, 5.41) is 11.5. The Kier molecular flexibility index (Phi) is 5.08. The van der Waals surface area contributed by atoms with Crippen molar-refractivity contribution in [2.45, 2.75) is 13.3 Å². The molecular formula is C17H16N2O2. The van der Waals surface area contributed by atoms with Crippen LogP contribution >= 0.6 is 0 Å². The van der Waals surface area contributed by atoms with E-state index >= 15 is 0 Å². The Hall–Kier alpha value is -2.64. The zero-order chi connectivity index (χ0) is 15.1. The maximum atomic E-state index is 12.2. The summed E-state index contributed by atoms with van der Waals surface area (Å²) in [5.74, 6) is 5.64. The lowest BCUT2D eigenvalue weighted by atomic mass is 10.0. The Labute approximate surface area is 123 Å². The standard InChI is InChI=1S/C17H16N2O2/c1-13-7-8-15(11-14(13)5-2-3-10-20)17(21)19-16-6-4-9-18-12-16/h4,6-9,11-12,20H,3,10H2,1H3,(H,19,21). The van der Waals surface area contributed by atoms with Gasteiger partial charge in [0, 0.05) is 23.7 Å². The molecule has 2 rings (SSSR count). The summed E-state index contributed by atoms with van der Waals surface area (Å²) in [6.45, 7) is 1.97. The topological polar surface area (TPSA) is 62.2 Å². The van der Waals surface area contributed by atoms with Crippen LogP contribution in [0.1, 0.15) is 27.9 Å². The maximum absolute atomic E-state index is 12.2. The first-order valence-corrected chi connectivity index (χ1v) is 6.62. The van der Waals surface area contributed by atoms with E-state index in [1.165, 1.54) is 0 Å². The van der Waals surface area contributed by atoms with Gasteiger partial charge in [-0.25, -0.2) is 0 Å². The van der Waals surface area contributed by atoms with Gasteiger partial charge in [-0.1, -0.05) is 17.9 Å². The summed E-state index contributed by atoms with van der Waals surface area (Å²) in [5.41, 5.74) is 2.98. The second-order valence-corrected chi connectivity index (χ2v) is 4.50. The zero-order valence-corrected chi connectivity index (χ0v) is 11.8. The van der Waals surface area contributed by atoms with E-state index in [0.717, 1.165) is 11.1 Å². The molecule has 0 saturated heterocycles. The number of anilines is 1. The summed E-state index contributed by atoms with van der Waals surface area (Å²) in [4.78, 5) is 16.1. The first kappa shape index (κ1) is 14.8. The van der Waals surface area contributed by atoms with Gasteiger partial charge < -0.3 is 10.4 Å². The Morgan fingerprint density at radius 1 is 1.38 bits per heavy atom. The fraction of sp³-hybridized carbons (Fsp3) is 0.176. The van der Waals surface area contributed by atoms with Crippen molar-refractivity contribution in [2.24, 2.45) is 0 Å². The molecule has 1 amide bonds. The number of carbonyl (C=O) groups is 1. The SMILES string of the molecule is Cc1ccc(C(=O)Nc2cccnc2)cc1C#CCCO. The van der Waals surface area contributed by atoms with Crippen molar-refractivity contribution >= 4 is 11.6 Å². The molecule has 1 heterocycles. The average molecular weight is 280 g/mol. The number of hydrogen-bond donors (Lipinski definition) is 2.